The van der Waals surface area contributed by atoms with E-state index in [1.807, 2.05) is 36.4 Å². The first kappa shape index (κ1) is 18.6. The van der Waals surface area contributed by atoms with Crippen molar-refractivity contribution in [2.45, 2.75) is 0 Å². The number of para-hydroxylation sites is 1. The second-order valence-electron chi connectivity index (χ2n) is 5.43. The summed E-state index contributed by atoms with van der Waals surface area (Å²) in [6.07, 6.45) is 4.49. The third-order valence-electron chi connectivity index (χ3n) is 3.58. The normalized spacial score (nSPS) is 10.9. The second-order valence-corrected chi connectivity index (χ2v) is 6.24. The largest absolute Gasteiger partial charge is 0.319 e. The van der Waals surface area contributed by atoms with Gasteiger partial charge in [-0.1, -0.05) is 59.6 Å². The maximum atomic E-state index is 12.4. The number of carbonyl (C=O) groups is 1. The Morgan fingerprint density at radius 3 is 2.22 bits per heavy atom. The number of halogens is 2. The van der Waals surface area contributed by atoms with Gasteiger partial charge in [-0.2, -0.15) is 5.26 Å². The third kappa shape index (κ3) is 4.50. The van der Waals surface area contributed by atoms with Crippen molar-refractivity contribution in [2.24, 2.45) is 0 Å². The molecular formula is C20H12Cl2N4O. The third-order valence-corrected chi connectivity index (χ3v) is 4.21. The van der Waals surface area contributed by atoms with Gasteiger partial charge in [-0.15, -0.1) is 0 Å². The van der Waals surface area contributed by atoms with Gasteiger partial charge in [-0.05, 0) is 18.2 Å². The van der Waals surface area contributed by atoms with Crippen LogP contribution in [0.2, 0.25) is 10.0 Å². The van der Waals surface area contributed by atoms with Crippen molar-refractivity contribution in [3.8, 4) is 17.5 Å². The van der Waals surface area contributed by atoms with E-state index in [0.29, 0.717) is 11.4 Å². The fourth-order valence-electron chi connectivity index (χ4n) is 2.26. The molecule has 1 aromatic heterocycles. The lowest BCUT2D eigenvalue weighted by atomic mass is 10.1. The number of benzene rings is 2. The van der Waals surface area contributed by atoms with Gasteiger partial charge in [0.05, 0.1) is 15.7 Å². The molecule has 0 fully saturated rings. The van der Waals surface area contributed by atoms with Gasteiger partial charge in [0.25, 0.3) is 5.91 Å². The predicted octanol–water partition coefficient (Wildman–Crippen LogP) is 5.00. The van der Waals surface area contributed by atoms with Crippen LogP contribution in [-0.2, 0) is 4.79 Å². The summed E-state index contributed by atoms with van der Waals surface area (Å²) in [7, 11) is 0. The van der Waals surface area contributed by atoms with Crippen LogP contribution < -0.4 is 5.32 Å². The van der Waals surface area contributed by atoms with Crippen molar-refractivity contribution >= 4 is 40.9 Å². The van der Waals surface area contributed by atoms with Crippen LogP contribution in [0.5, 0.6) is 0 Å². The summed E-state index contributed by atoms with van der Waals surface area (Å²) in [5, 5.41) is 12.4. The lowest BCUT2D eigenvalue weighted by Gasteiger charge is -2.08. The van der Waals surface area contributed by atoms with Gasteiger partial charge in [0.1, 0.15) is 11.6 Å². The number of nitrogens with one attached hydrogen (secondary N) is 1. The number of hydrogen-bond donors (Lipinski definition) is 1. The van der Waals surface area contributed by atoms with Crippen LogP contribution in [0.3, 0.4) is 0 Å². The molecule has 0 atom stereocenters. The molecule has 0 saturated carbocycles. The average Bonchev–Trinajstić information content (AvgIpc) is 2.70. The molecule has 0 saturated heterocycles. The summed E-state index contributed by atoms with van der Waals surface area (Å²) in [6, 6.07) is 16.2. The Morgan fingerprint density at radius 2 is 1.63 bits per heavy atom. The average molecular weight is 395 g/mol. The number of anilines is 1. The Labute approximate surface area is 165 Å². The minimum atomic E-state index is -0.625. The summed E-state index contributed by atoms with van der Waals surface area (Å²) in [4.78, 5) is 20.9. The molecule has 0 aliphatic rings. The van der Waals surface area contributed by atoms with E-state index in [-0.39, 0.29) is 21.3 Å². The van der Waals surface area contributed by atoms with E-state index in [0.717, 1.165) is 5.56 Å². The van der Waals surface area contributed by atoms with Crippen LogP contribution >= 0.6 is 23.2 Å². The van der Waals surface area contributed by atoms with Gasteiger partial charge < -0.3 is 5.32 Å². The summed E-state index contributed by atoms with van der Waals surface area (Å²) in [6.45, 7) is 0. The van der Waals surface area contributed by atoms with Gasteiger partial charge in [0.2, 0.25) is 0 Å². The van der Waals surface area contributed by atoms with Gasteiger partial charge in [0.15, 0.2) is 5.82 Å². The minimum absolute atomic E-state index is 0.123. The molecular weight excluding hydrogens is 383 g/mol. The second kappa shape index (κ2) is 8.45. The van der Waals surface area contributed by atoms with E-state index < -0.39 is 5.91 Å². The number of amides is 1. The van der Waals surface area contributed by atoms with Crippen molar-refractivity contribution in [1.29, 1.82) is 5.26 Å². The number of nitriles is 1. The Balaban J connectivity index is 1.82. The minimum Gasteiger partial charge on any atom is -0.319 e. The fourth-order valence-corrected chi connectivity index (χ4v) is 2.75. The lowest BCUT2D eigenvalue weighted by Crippen LogP contribution is -2.14. The maximum absolute atomic E-state index is 12.4. The van der Waals surface area contributed by atoms with Gasteiger partial charge in [-0.25, -0.2) is 9.97 Å². The molecule has 5 nitrogen and oxygen atoms in total. The number of carbonyl (C=O) groups excluding carboxylic acids is 1. The van der Waals surface area contributed by atoms with Crippen molar-refractivity contribution < 1.29 is 4.79 Å². The van der Waals surface area contributed by atoms with E-state index in [4.69, 9.17) is 23.2 Å². The first-order valence-electron chi connectivity index (χ1n) is 7.83. The summed E-state index contributed by atoms with van der Waals surface area (Å²) >= 11 is 12.1. The lowest BCUT2D eigenvalue weighted by molar-refractivity contribution is -0.112. The zero-order valence-corrected chi connectivity index (χ0v) is 15.4. The van der Waals surface area contributed by atoms with Crippen molar-refractivity contribution in [2.75, 3.05) is 5.32 Å². The Morgan fingerprint density at radius 1 is 1.00 bits per heavy atom. The number of hydrogen-bond acceptors (Lipinski definition) is 4. The zero-order chi connectivity index (χ0) is 19.2. The van der Waals surface area contributed by atoms with Crippen LogP contribution in [0, 0.1) is 11.3 Å². The quantitative estimate of drug-likeness (QED) is 0.498. The van der Waals surface area contributed by atoms with Gasteiger partial charge in [-0.3, -0.25) is 4.79 Å². The maximum Gasteiger partial charge on any atom is 0.266 e. The molecule has 1 amide bonds. The molecule has 0 aliphatic carbocycles. The molecule has 0 radical (unpaired) electrons. The Hall–Kier alpha value is -3.20. The van der Waals surface area contributed by atoms with E-state index in [9.17, 15) is 10.1 Å². The van der Waals surface area contributed by atoms with E-state index >= 15 is 0 Å². The van der Waals surface area contributed by atoms with E-state index in [1.165, 1.54) is 6.08 Å². The Bertz CT molecular complexity index is 1020. The molecule has 0 spiro atoms. The standard InChI is InChI=1S/C20H12Cl2N4O/c21-16-7-4-8-17(22)18(16)26-20(27)15(10-23)9-13-11-24-19(25-12-13)14-5-2-1-3-6-14/h1-9,11-12H,(H,26,27)/b15-9+. The summed E-state index contributed by atoms with van der Waals surface area (Å²) < 4.78 is 0. The van der Waals surface area contributed by atoms with Gasteiger partial charge in [0, 0.05) is 23.5 Å². The van der Waals surface area contributed by atoms with Crippen molar-refractivity contribution in [3.05, 3.63) is 82.1 Å². The van der Waals surface area contributed by atoms with Crippen LogP contribution in [0.25, 0.3) is 17.5 Å². The number of aromatic nitrogens is 2. The van der Waals surface area contributed by atoms with Crippen LogP contribution in [-0.4, -0.2) is 15.9 Å². The highest BCUT2D eigenvalue weighted by molar-refractivity contribution is 6.40. The fraction of sp³-hybridized carbons (Fsp3) is 0. The van der Waals surface area contributed by atoms with E-state index in [1.54, 1.807) is 30.6 Å². The highest BCUT2D eigenvalue weighted by Gasteiger charge is 2.14. The SMILES string of the molecule is N#C/C(=C\c1cnc(-c2ccccc2)nc1)C(=O)Nc1c(Cl)cccc1Cl. The Kier molecular flexibility index (Phi) is 5.82. The molecule has 2 aromatic carbocycles. The molecule has 7 heteroatoms. The molecule has 0 bridgehead atoms. The van der Waals surface area contributed by atoms with Crippen molar-refractivity contribution in [3.63, 3.8) is 0 Å². The molecule has 0 unspecified atom stereocenters. The van der Waals surface area contributed by atoms with Crippen molar-refractivity contribution in [1.82, 2.24) is 9.97 Å². The monoisotopic (exact) mass is 394 g/mol. The summed E-state index contributed by atoms with van der Waals surface area (Å²) in [5.41, 5.74) is 1.52. The van der Waals surface area contributed by atoms with Gasteiger partial charge >= 0.3 is 0 Å². The molecule has 0 aliphatic heterocycles. The van der Waals surface area contributed by atoms with Crippen LogP contribution in [0.4, 0.5) is 5.69 Å². The number of nitrogens with zero attached hydrogens (tertiary/aromatic N) is 3. The molecule has 1 N–H and O–H groups in total. The zero-order valence-electron chi connectivity index (χ0n) is 13.9. The smallest absolute Gasteiger partial charge is 0.266 e. The summed E-state index contributed by atoms with van der Waals surface area (Å²) in [5.74, 6) is -0.0711. The molecule has 3 aromatic rings. The highest BCUT2D eigenvalue weighted by Crippen LogP contribution is 2.30. The van der Waals surface area contributed by atoms with E-state index in [2.05, 4.69) is 15.3 Å². The molecule has 1 heterocycles. The molecule has 27 heavy (non-hydrogen) atoms. The number of rotatable bonds is 4. The van der Waals surface area contributed by atoms with Crippen LogP contribution in [0.1, 0.15) is 5.56 Å². The highest BCUT2D eigenvalue weighted by atomic mass is 35.5. The first-order chi connectivity index (χ1) is 13.1. The van der Waals surface area contributed by atoms with Crippen LogP contribution in [0.15, 0.2) is 66.5 Å². The topological polar surface area (TPSA) is 78.7 Å². The predicted molar refractivity (Wildman–Crippen MR) is 106 cm³/mol. The first-order valence-corrected chi connectivity index (χ1v) is 8.58. The molecule has 132 valence electrons. The molecule has 3 rings (SSSR count).